The van der Waals surface area contributed by atoms with Crippen LogP contribution in [0.15, 0.2) is 24.4 Å². The van der Waals surface area contributed by atoms with Crippen molar-refractivity contribution in [2.45, 2.75) is 58.2 Å². The molecule has 2 atom stereocenters. The number of rotatable bonds is 6. The van der Waals surface area contributed by atoms with Crippen LogP contribution in [0.4, 0.5) is 0 Å². The van der Waals surface area contributed by atoms with E-state index in [2.05, 4.69) is 41.2 Å². The topological polar surface area (TPSA) is 28.2 Å². The summed E-state index contributed by atoms with van der Waals surface area (Å²) in [6.45, 7) is 7.62. The highest BCUT2D eigenvalue weighted by Crippen LogP contribution is 2.24. The fourth-order valence-corrected chi connectivity index (χ4v) is 3.21. The Morgan fingerprint density at radius 2 is 2.11 bits per heavy atom. The molecule has 19 heavy (non-hydrogen) atoms. The van der Waals surface area contributed by atoms with Crippen LogP contribution in [0, 0.1) is 0 Å². The summed E-state index contributed by atoms with van der Waals surface area (Å²) < 4.78 is 0. The zero-order valence-corrected chi connectivity index (χ0v) is 12.3. The van der Waals surface area contributed by atoms with Gasteiger partial charge in [-0.25, -0.2) is 0 Å². The number of hydrogen-bond donors (Lipinski definition) is 1. The molecule has 0 radical (unpaired) electrons. The maximum atomic E-state index is 4.47. The van der Waals surface area contributed by atoms with Gasteiger partial charge in [0.25, 0.3) is 0 Å². The van der Waals surface area contributed by atoms with Crippen LogP contribution in [0.1, 0.15) is 45.2 Å². The second kappa shape index (κ2) is 7.61. The molecule has 2 rings (SSSR count). The van der Waals surface area contributed by atoms with E-state index in [4.69, 9.17) is 0 Å². The first kappa shape index (κ1) is 14.5. The summed E-state index contributed by atoms with van der Waals surface area (Å²) in [5, 5.41) is 3.67. The first-order valence-electron chi connectivity index (χ1n) is 7.72. The van der Waals surface area contributed by atoms with E-state index in [9.17, 15) is 0 Å². The average Bonchev–Trinajstić information content (AvgIpc) is 2.47. The molecule has 1 fully saturated rings. The van der Waals surface area contributed by atoms with E-state index in [-0.39, 0.29) is 0 Å². The fourth-order valence-electron chi connectivity index (χ4n) is 3.21. The summed E-state index contributed by atoms with van der Waals surface area (Å²) in [5.41, 5.74) is 1.19. The lowest BCUT2D eigenvalue weighted by atomic mass is 9.89. The molecule has 0 saturated heterocycles. The molecule has 1 aliphatic rings. The summed E-state index contributed by atoms with van der Waals surface area (Å²) in [6, 6.07) is 7.53. The van der Waals surface area contributed by atoms with Crippen LogP contribution in [0.2, 0.25) is 0 Å². The van der Waals surface area contributed by atoms with Crippen molar-refractivity contribution in [2.75, 3.05) is 13.1 Å². The van der Waals surface area contributed by atoms with Crippen LogP contribution in [-0.4, -0.2) is 35.1 Å². The third-order valence-electron chi connectivity index (χ3n) is 4.16. The highest BCUT2D eigenvalue weighted by atomic mass is 15.2. The van der Waals surface area contributed by atoms with Crippen molar-refractivity contribution in [1.29, 1.82) is 0 Å². The number of nitrogens with zero attached hydrogens (tertiary/aromatic N) is 2. The highest BCUT2D eigenvalue weighted by molar-refractivity contribution is 5.04. The smallest absolute Gasteiger partial charge is 0.0544 e. The Morgan fingerprint density at radius 1 is 1.26 bits per heavy atom. The minimum atomic E-state index is 0.655. The number of likely N-dealkylation sites (N-methyl/N-ethyl adjacent to an activating group) is 2. The SMILES string of the molecule is CCNC1CCCCC1N(CC)Cc1ccccn1. The van der Waals surface area contributed by atoms with Gasteiger partial charge < -0.3 is 5.32 Å². The van der Waals surface area contributed by atoms with Crippen LogP contribution in [0.25, 0.3) is 0 Å². The maximum Gasteiger partial charge on any atom is 0.0544 e. The van der Waals surface area contributed by atoms with Gasteiger partial charge in [-0.1, -0.05) is 32.8 Å². The lowest BCUT2D eigenvalue weighted by Gasteiger charge is -2.40. The lowest BCUT2D eigenvalue weighted by molar-refractivity contribution is 0.120. The van der Waals surface area contributed by atoms with Gasteiger partial charge in [0.05, 0.1) is 5.69 Å². The Labute approximate surface area is 117 Å². The van der Waals surface area contributed by atoms with Gasteiger partial charge >= 0.3 is 0 Å². The van der Waals surface area contributed by atoms with Gasteiger partial charge in [0.2, 0.25) is 0 Å². The van der Waals surface area contributed by atoms with Crippen LogP contribution in [0.5, 0.6) is 0 Å². The van der Waals surface area contributed by atoms with Crippen LogP contribution in [-0.2, 0) is 6.54 Å². The minimum absolute atomic E-state index is 0.655. The van der Waals surface area contributed by atoms with Crippen LogP contribution in [0.3, 0.4) is 0 Å². The Bertz CT molecular complexity index is 350. The van der Waals surface area contributed by atoms with Gasteiger partial charge in [-0.3, -0.25) is 9.88 Å². The molecule has 0 aromatic carbocycles. The molecule has 3 heteroatoms. The predicted octanol–water partition coefficient (Wildman–Crippen LogP) is 2.82. The first-order chi connectivity index (χ1) is 9.35. The van der Waals surface area contributed by atoms with Gasteiger partial charge in [0.15, 0.2) is 0 Å². The predicted molar refractivity (Wildman–Crippen MR) is 80.0 cm³/mol. The summed E-state index contributed by atoms with van der Waals surface area (Å²) in [7, 11) is 0. The van der Waals surface area contributed by atoms with Gasteiger partial charge in [0, 0.05) is 24.8 Å². The van der Waals surface area contributed by atoms with Gasteiger partial charge in [-0.15, -0.1) is 0 Å². The van der Waals surface area contributed by atoms with E-state index in [1.165, 1.54) is 31.4 Å². The van der Waals surface area contributed by atoms with E-state index in [0.29, 0.717) is 12.1 Å². The third kappa shape index (κ3) is 4.02. The van der Waals surface area contributed by atoms with Crippen molar-refractivity contribution in [3.63, 3.8) is 0 Å². The standard InChI is InChI=1S/C16H27N3/c1-3-17-15-10-5-6-11-16(15)19(4-2)13-14-9-7-8-12-18-14/h7-9,12,15-17H,3-6,10-11,13H2,1-2H3. The van der Waals surface area contributed by atoms with Crippen molar-refractivity contribution in [3.8, 4) is 0 Å². The number of nitrogens with one attached hydrogen (secondary N) is 1. The van der Waals surface area contributed by atoms with E-state index < -0.39 is 0 Å². The highest BCUT2D eigenvalue weighted by Gasteiger charge is 2.28. The van der Waals surface area contributed by atoms with Crippen LogP contribution >= 0.6 is 0 Å². The summed E-state index contributed by atoms with van der Waals surface area (Å²) >= 11 is 0. The maximum absolute atomic E-state index is 4.47. The molecule has 2 unspecified atom stereocenters. The summed E-state index contributed by atoms with van der Waals surface area (Å²) in [6.07, 6.45) is 7.27. The molecule has 3 nitrogen and oxygen atoms in total. The van der Waals surface area contributed by atoms with Crippen molar-refractivity contribution < 1.29 is 0 Å². The van der Waals surface area contributed by atoms with Gasteiger partial charge in [-0.05, 0) is 38.1 Å². The zero-order valence-electron chi connectivity index (χ0n) is 12.3. The molecule has 0 spiro atoms. The fraction of sp³-hybridized carbons (Fsp3) is 0.688. The van der Waals surface area contributed by atoms with Crippen molar-refractivity contribution in [2.24, 2.45) is 0 Å². The van der Waals surface area contributed by atoms with Crippen molar-refractivity contribution >= 4 is 0 Å². The van der Waals surface area contributed by atoms with E-state index in [0.717, 1.165) is 19.6 Å². The Kier molecular flexibility index (Phi) is 5.80. The average molecular weight is 261 g/mol. The molecular formula is C16H27N3. The van der Waals surface area contributed by atoms with Gasteiger partial charge in [-0.2, -0.15) is 0 Å². The molecule has 1 saturated carbocycles. The quantitative estimate of drug-likeness (QED) is 0.853. The number of aromatic nitrogens is 1. The number of hydrogen-bond acceptors (Lipinski definition) is 3. The Hall–Kier alpha value is -0.930. The molecule has 106 valence electrons. The molecule has 1 heterocycles. The molecule has 0 bridgehead atoms. The van der Waals surface area contributed by atoms with Crippen molar-refractivity contribution in [1.82, 2.24) is 15.2 Å². The second-order valence-electron chi connectivity index (χ2n) is 5.40. The Morgan fingerprint density at radius 3 is 2.79 bits per heavy atom. The normalized spacial score (nSPS) is 23.7. The lowest BCUT2D eigenvalue weighted by Crippen LogP contribution is -2.51. The first-order valence-corrected chi connectivity index (χ1v) is 7.72. The second-order valence-corrected chi connectivity index (χ2v) is 5.40. The van der Waals surface area contributed by atoms with E-state index in [1.54, 1.807) is 0 Å². The molecule has 1 aromatic rings. The molecule has 1 N–H and O–H groups in total. The molecular weight excluding hydrogens is 234 g/mol. The number of pyridine rings is 1. The van der Waals surface area contributed by atoms with E-state index in [1.807, 2.05) is 12.3 Å². The molecule has 1 aromatic heterocycles. The van der Waals surface area contributed by atoms with Crippen LogP contribution < -0.4 is 5.32 Å². The minimum Gasteiger partial charge on any atom is -0.313 e. The van der Waals surface area contributed by atoms with E-state index >= 15 is 0 Å². The Balaban J connectivity index is 2.02. The largest absolute Gasteiger partial charge is 0.313 e. The third-order valence-corrected chi connectivity index (χ3v) is 4.16. The van der Waals surface area contributed by atoms with Crippen molar-refractivity contribution in [3.05, 3.63) is 30.1 Å². The monoisotopic (exact) mass is 261 g/mol. The molecule has 1 aliphatic carbocycles. The molecule has 0 aliphatic heterocycles. The zero-order chi connectivity index (χ0) is 13.5. The summed E-state index contributed by atoms with van der Waals surface area (Å²) in [5.74, 6) is 0. The summed E-state index contributed by atoms with van der Waals surface area (Å²) in [4.78, 5) is 7.06. The van der Waals surface area contributed by atoms with Gasteiger partial charge in [0.1, 0.15) is 0 Å². The molecule has 0 amide bonds.